The summed E-state index contributed by atoms with van der Waals surface area (Å²) in [5.41, 5.74) is 2.04. The van der Waals surface area contributed by atoms with Gasteiger partial charge in [0.2, 0.25) is 5.89 Å². The van der Waals surface area contributed by atoms with Crippen molar-refractivity contribution in [3.63, 3.8) is 0 Å². The van der Waals surface area contributed by atoms with E-state index in [-0.39, 0.29) is 6.04 Å². The second kappa shape index (κ2) is 5.30. The zero-order valence-corrected chi connectivity index (χ0v) is 11.1. The van der Waals surface area contributed by atoms with Crippen LogP contribution in [0.25, 0.3) is 0 Å². The second-order valence-electron chi connectivity index (χ2n) is 4.31. The third kappa shape index (κ3) is 2.59. The lowest BCUT2D eigenvalue weighted by atomic mass is 10.0. The van der Waals surface area contributed by atoms with Gasteiger partial charge in [0.25, 0.3) is 0 Å². The summed E-state index contributed by atoms with van der Waals surface area (Å²) < 4.78 is 10.3. The molecule has 2 aromatic heterocycles. The summed E-state index contributed by atoms with van der Waals surface area (Å²) >= 11 is 0. The average molecular weight is 250 g/mol. The molecule has 0 amide bonds. The molecule has 2 heterocycles. The molecule has 18 heavy (non-hydrogen) atoms. The number of hydrogen-bond acceptors (Lipinski definition) is 6. The van der Waals surface area contributed by atoms with Crippen LogP contribution in [0.5, 0.6) is 0 Å². The quantitative estimate of drug-likeness (QED) is 0.876. The molecule has 0 saturated heterocycles. The monoisotopic (exact) mass is 250 g/mol. The van der Waals surface area contributed by atoms with E-state index in [4.69, 9.17) is 9.05 Å². The van der Waals surface area contributed by atoms with Crippen LogP contribution in [0, 0.1) is 20.8 Å². The third-order valence-corrected chi connectivity index (χ3v) is 2.91. The van der Waals surface area contributed by atoms with Gasteiger partial charge in [0.1, 0.15) is 5.76 Å². The minimum Gasteiger partial charge on any atom is -0.361 e. The number of rotatable bonds is 5. The summed E-state index contributed by atoms with van der Waals surface area (Å²) in [6, 6.07) is 0.184. The van der Waals surface area contributed by atoms with Crippen molar-refractivity contribution in [3.8, 4) is 0 Å². The van der Waals surface area contributed by atoms with Crippen LogP contribution in [-0.4, -0.2) is 15.3 Å². The Labute approximate surface area is 106 Å². The molecular weight excluding hydrogens is 232 g/mol. The fraction of sp³-hybridized carbons (Fsp3) is 0.583. The number of aromatic nitrogens is 3. The molecular formula is C12H18N4O2. The minimum atomic E-state index is 0.184. The predicted molar refractivity (Wildman–Crippen MR) is 64.9 cm³/mol. The van der Waals surface area contributed by atoms with Gasteiger partial charge in [0.05, 0.1) is 12.2 Å². The number of nitrogens with zero attached hydrogens (tertiary/aromatic N) is 3. The summed E-state index contributed by atoms with van der Waals surface area (Å²) in [4.78, 5) is 4.16. The molecule has 2 aromatic rings. The average Bonchev–Trinajstić information content (AvgIpc) is 2.89. The van der Waals surface area contributed by atoms with E-state index in [1.807, 2.05) is 13.8 Å². The van der Waals surface area contributed by atoms with E-state index in [9.17, 15) is 0 Å². The molecule has 0 fully saturated rings. The third-order valence-electron chi connectivity index (χ3n) is 2.91. The molecule has 0 aliphatic carbocycles. The molecule has 0 aliphatic rings. The maximum atomic E-state index is 5.19. The van der Waals surface area contributed by atoms with Crippen molar-refractivity contribution < 1.29 is 9.05 Å². The van der Waals surface area contributed by atoms with E-state index in [2.05, 4.69) is 27.5 Å². The Balaban J connectivity index is 2.06. The number of aryl methyl sites for hydroxylation is 3. The Hall–Kier alpha value is -1.69. The Morgan fingerprint density at radius 3 is 2.44 bits per heavy atom. The van der Waals surface area contributed by atoms with Crippen LogP contribution >= 0.6 is 0 Å². The molecule has 1 atom stereocenters. The number of hydrogen-bond donors (Lipinski definition) is 1. The Kier molecular flexibility index (Phi) is 3.76. The summed E-state index contributed by atoms with van der Waals surface area (Å²) in [5.74, 6) is 2.10. The topological polar surface area (TPSA) is 77.0 Å². The summed E-state index contributed by atoms with van der Waals surface area (Å²) in [7, 11) is 0. The molecule has 1 unspecified atom stereocenters. The zero-order valence-electron chi connectivity index (χ0n) is 11.1. The first-order valence-electron chi connectivity index (χ1n) is 6.07. The van der Waals surface area contributed by atoms with Crippen LogP contribution in [0.1, 0.15) is 48.1 Å². The normalized spacial score (nSPS) is 12.9. The predicted octanol–water partition coefficient (Wildman–Crippen LogP) is 2.22. The van der Waals surface area contributed by atoms with Gasteiger partial charge in [-0.3, -0.25) is 0 Å². The lowest BCUT2D eigenvalue weighted by Crippen LogP contribution is -2.21. The molecule has 0 aliphatic heterocycles. The van der Waals surface area contributed by atoms with Crippen molar-refractivity contribution in [2.75, 3.05) is 0 Å². The highest BCUT2D eigenvalue weighted by atomic mass is 16.5. The SMILES string of the molecule is CCC(NCc1nc(C)no1)c1c(C)noc1C. The minimum absolute atomic E-state index is 0.184. The molecule has 0 aromatic carbocycles. The van der Waals surface area contributed by atoms with Gasteiger partial charge in [-0.15, -0.1) is 0 Å². The fourth-order valence-corrected chi connectivity index (χ4v) is 2.06. The first-order chi connectivity index (χ1) is 8.61. The highest BCUT2D eigenvalue weighted by Gasteiger charge is 2.19. The van der Waals surface area contributed by atoms with Gasteiger partial charge in [0, 0.05) is 11.6 Å². The maximum Gasteiger partial charge on any atom is 0.240 e. The molecule has 0 bridgehead atoms. The molecule has 0 spiro atoms. The van der Waals surface area contributed by atoms with Crippen LogP contribution < -0.4 is 5.32 Å². The van der Waals surface area contributed by atoms with Crippen molar-refractivity contribution in [1.82, 2.24) is 20.6 Å². The van der Waals surface area contributed by atoms with Gasteiger partial charge < -0.3 is 14.4 Å². The molecule has 1 N–H and O–H groups in total. The molecule has 98 valence electrons. The highest BCUT2D eigenvalue weighted by molar-refractivity contribution is 5.24. The molecule has 0 radical (unpaired) electrons. The lowest BCUT2D eigenvalue weighted by Gasteiger charge is -2.15. The first-order valence-corrected chi connectivity index (χ1v) is 6.07. The Morgan fingerprint density at radius 2 is 1.94 bits per heavy atom. The van der Waals surface area contributed by atoms with E-state index in [1.165, 1.54) is 0 Å². The summed E-state index contributed by atoms with van der Waals surface area (Å²) in [5, 5.41) is 11.1. The van der Waals surface area contributed by atoms with Crippen molar-refractivity contribution >= 4 is 0 Å². The smallest absolute Gasteiger partial charge is 0.240 e. The fourth-order valence-electron chi connectivity index (χ4n) is 2.06. The van der Waals surface area contributed by atoms with Gasteiger partial charge in [0.15, 0.2) is 5.82 Å². The van der Waals surface area contributed by atoms with Crippen molar-refractivity contribution in [1.29, 1.82) is 0 Å². The first kappa shape index (κ1) is 12.8. The van der Waals surface area contributed by atoms with Crippen molar-refractivity contribution in [2.24, 2.45) is 0 Å². The van der Waals surface area contributed by atoms with E-state index >= 15 is 0 Å². The summed E-state index contributed by atoms with van der Waals surface area (Å²) in [6.45, 7) is 8.34. The lowest BCUT2D eigenvalue weighted by molar-refractivity contribution is 0.351. The van der Waals surface area contributed by atoms with Crippen LogP contribution in [-0.2, 0) is 6.54 Å². The van der Waals surface area contributed by atoms with Gasteiger partial charge in [-0.1, -0.05) is 17.2 Å². The summed E-state index contributed by atoms with van der Waals surface area (Å²) in [6.07, 6.45) is 0.940. The van der Waals surface area contributed by atoms with E-state index in [1.54, 1.807) is 6.92 Å². The highest BCUT2D eigenvalue weighted by Crippen LogP contribution is 2.24. The Morgan fingerprint density at radius 1 is 1.17 bits per heavy atom. The van der Waals surface area contributed by atoms with Crippen LogP contribution in [0.4, 0.5) is 0 Å². The van der Waals surface area contributed by atoms with Gasteiger partial charge in [-0.2, -0.15) is 4.98 Å². The van der Waals surface area contributed by atoms with E-state index in [0.717, 1.165) is 23.4 Å². The van der Waals surface area contributed by atoms with Crippen molar-refractivity contribution in [2.45, 2.75) is 46.7 Å². The zero-order chi connectivity index (χ0) is 13.1. The maximum absolute atomic E-state index is 5.19. The Bertz CT molecular complexity index is 498. The largest absolute Gasteiger partial charge is 0.361 e. The van der Waals surface area contributed by atoms with E-state index in [0.29, 0.717) is 18.3 Å². The van der Waals surface area contributed by atoms with Gasteiger partial charge >= 0.3 is 0 Å². The standard InChI is InChI=1S/C12H18N4O2/c1-5-10(12-7(2)15-17-8(12)3)13-6-11-14-9(4)16-18-11/h10,13H,5-6H2,1-4H3. The van der Waals surface area contributed by atoms with Crippen LogP contribution in [0.15, 0.2) is 9.05 Å². The van der Waals surface area contributed by atoms with Gasteiger partial charge in [-0.05, 0) is 27.2 Å². The van der Waals surface area contributed by atoms with Crippen LogP contribution in [0.2, 0.25) is 0 Å². The van der Waals surface area contributed by atoms with Crippen LogP contribution in [0.3, 0.4) is 0 Å². The van der Waals surface area contributed by atoms with Crippen molar-refractivity contribution in [3.05, 3.63) is 28.7 Å². The molecule has 0 saturated carbocycles. The molecule has 2 rings (SSSR count). The molecule has 6 nitrogen and oxygen atoms in total. The van der Waals surface area contributed by atoms with Gasteiger partial charge in [-0.25, -0.2) is 0 Å². The second-order valence-corrected chi connectivity index (χ2v) is 4.31. The molecule has 6 heteroatoms. The number of nitrogens with one attached hydrogen (secondary N) is 1. The van der Waals surface area contributed by atoms with E-state index < -0.39 is 0 Å².